The van der Waals surface area contributed by atoms with Crippen LogP contribution in [-0.4, -0.2) is 23.7 Å². The number of allylic oxidation sites excluding steroid dienone is 3. The van der Waals surface area contributed by atoms with Gasteiger partial charge in [-0.3, -0.25) is 9.59 Å². The highest BCUT2D eigenvalue weighted by Gasteiger charge is 2.20. The maximum Gasteiger partial charge on any atom is 0.297 e. The summed E-state index contributed by atoms with van der Waals surface area (Å²) in [5.74, 6) is 0.333. The van der Waals surface area contributed by atoms with Crippen LogP contribution in [0.15, 0.2) is 95.4 Å². The lowest BCUT2D eigenvalue weighted by molar-refractivity contribution is -0.111. The van der Waals surface area contributed by atoms with Gasteiger partial charge in [0.1, 0.15) is 13.2 Å². The lowest BCUT2D eigenvalue weighted by atomic mass is 10.1. The summed E-state index contributed by atoms with van der Waals surface area (Å²) < 4.78 is 13.9. The molecule has 2 aromatic carbocycles. The molecule has 0 saturated carbocycles. The first-order chi connectivity index (χ1) is 20.8. The smallest absolute Gasteiger partial charge is 0.297 e. The Balaban J connectivity index is 1.98. The van der Waals surface area contributed by atoms with E-state index >= 15 is 0 Å². The normalized spacial score (nSPS) is 11.5. The molecule has 6 heteroatoms. The predicted octanol–water partition coefficient (Wildman–Crippen LogP) is 8.87. The van der Waals surface area contributed by atoms with Crippen LogP contribution >= 0.6 is 0 Å². The second-order valence-electron chi connectivity index (χ2n) is 10.9. The number of ether oxygens (including phenoxy) is 2. The van der Waals surface area contributed by atoms with E-state index in [1.807, 2.05) is 54.6 Å². The maximum atomic E-state index is 13.9. The van der Waals surface area contributed by atoms with Gasteiger partial charge in [-0.2, -0.15) is 0 Å². The summed E-state index contributed by atoms with van der Waals surface area (Å²) in [6.07, 6.45) is 15.2. The molecule has 1 amide bonds. The number of unbranched alkanes of at least 4 members (excludes halogenated alkanes) is 3. The van der Waals surface area contributed by atoms with Gasteiger partial charge in [0.2, 0.25) is 11.7 Å². The molecule has 0 aliphatic heterocycles. The number of aryl methyl sites for hydroxylation is 1. The number of anilines is 1. The van der Waals surface area contributed by atoms with E-state index in [9.17, 15) is 9.59 Å². The van der Waals surface area contributed by atoms with Gasteiger partial charge in [0.05, 0.1) is 5.52 Å². The molecule has 0 atom stereocenters. The molecule has 228 valence electrons. The molecule has 1 aromatic heterocycles. The van der Waals surface area contributed by atoms with Crippen LogP contribution in [0.5, 0.6) is 11.5 Å². The third-order valence-corrected chi connectivity index (χ3v) is 7.00. The van der Waals surface area contributed by atoms with Gasteiger partial charge in [0.25, 0.3) is 5.56 Å². The maximum absolute atomic E-state index is 13.9. The van der Waals surface area contributed by atoms with Gasteiger partial charge < -0.3 is 19.4 Å². The molecule has 6 nitrogen and oxygen atoms in total. The van der Waals surface area contributed by atoms with E-state index in [1.54, 1.807) is 16.7 Å². The third kappa shape index (κ3) is 10.5. The van der Waals surface area contributed by atoms with E-state index < -0.39 is 0 Å². The number of nitrogens with zero attached hydrogens (tertiary/aromatic N) is 1. The van der Waals surface area contributed by atoms with Crippen LogP contribution in [0.2, 0.25) is 0 Å². The Bertz CT molecular complexity index is 1510. The van der Waals surface area contributed by atoms with Gasteiger partial charge in [-0.15, -0.1) is 0 Å². The minimum atomic E-state index is -0.254. The van der Waals surface area contributed by atoms with E-state index in [0.29, 0.717) is 30.1 Å². The first-order valence-corrected chi connectivity index (χ1v) is 15.2. The Labute approximate surface area is 256 Å². The molecule has 43 heavy (non-hydrogen) atoms. The standard InChI is InChI=1S/C37H46N2O4/c1-6-8-9-13-24-39-33-27-31(38-34(40)22-19-30-17-11-10-12-18-30)20-21-32(33)35(36(37(39)41)42-25-7-2)43-26-23-29(5)16-14-15-28(3)4/h7,10-12,15,17-23,27H,2,6,8-9,13-14,16,24-26H2,1,3-5H3,(H,38,40)/b22-19?,29-23+. The SMILES string of the molecule is C=CCOc1c(OC/C=C(\C)CCC=C(C)C)c2ccc(NC(=O)C=Cc3ccccc3)cc2n(CCCCCC)c1=O. The van der Waals surface area contributed by atoms with Crippen LogP contribution in [0.1, 0.15) is 71.8 Å². The highest BCUT2D eigenvalue weighted by atomic mass is 16.5. The van der Waals surface area contributed by atoms with Crippen molar-refractivity contribution in [2.24, 2.45) is 0 Å². The number of hydrogen-bond acceptors (Lipinski definition) is 4. The Kier molecular flexibility index (Phi) is 13.6. The van der Waals surface area contributed by atoms with Crippen molar-refractivity contribution in [1.82, 2.24) is 4.57 Å². The largest absolute Gasteiger partial charge is 0.485 e. The van der Waals surface area contributed by atoms with Gasteiger partial charge >= 0.3 is 0 Å². The number of carbonyl (C=O) groups excluding carboxylic acids is 1. The van der Waals surface area contributed by atoms with E-state index in [-0.39, 0.29) is 23.8 Å². The van der Waals surface area contributed by atoms with Crippen LogP contribution in [0.4, 0.5) is 5.69 Å². The van der Waals surface area contributed by atoms with Crippen LogP contribution < -0.4 is 20.3 Å². The lowest BCUT2D eigenvalue weighted by Crippen LogP contribution is -2.24. The average molecular weight is 583 g/mol. The van der Waals surface area contributed by atoms with E-state index in [1.165, 1.54) is 17.2 Å². The molecule has 1 N–H and O–H groups in total. The second-order valence-corrected chi connectivity index (χ2v) is 10.9. The molecule has 0 saturated heterocycles. The van der Waals surface area contributed by atoms with Crippen molar-refractivity contribution in [3.8, 4) is 11.5 Å². The molecule has 0 radical (unpaired) electrons. The first-order valence-electron chi connectivity index (χ1n) is 15.2. The number of fused-ring (bicyclic) bond motifs is 1. The summed E-state index contributed by atoms with van der Waals surface area (Å²) in [4.78, 5) is 26.6. The average Bonchev–Trinajstić information content (AvgIpc) is 2.99. The van der Waals surface area contributed by atoms with Crippen molar-refractivity contribution < 1.29 is 14.3 Å². The molecular weight excluding hydrogens is 536 g/mol. The van der Waals surface area contributed by atoms with Crippen molar-refractivity contribution in [2.75, 3.05) is 18.5 Å². The fourth-order valence-corrected chi connectivity index (χ4v) is 4.69. The Morgan fingerprint density at radius 2 is 1.72 bits per heavy atom. The number of amides is 1. The molecule has 3 aromatic rings. The number of rotatable bonds is 17. The fraction of sp³-hybridized carbons (Fsp3) is 0.351. The molecule has 0 spiro atoms. The molecule has 0 fully saturated rings. The summed E-state index contributed by atoms with van der Waals surface area (Å²) in [5.41, 5.74) is 4.49. The molecule has 0 aliphatic carbocycles. The van der Waals surface area contributed by atoms with E-state index in [0.717, 1.165) is 49.5 Å². The zero-order valence-corrected chi connectivity index (χ0v) is 26.2. The van der Waals surface area contributed by atoms with Crippen molar-refractivity contribution in [3.63, 3.8) is 0 Å². The third-order valence-electron chi connectivity index (χ3n) is 7.00. The molecular formula is C37H46N2O4. The molecule has 3 rings (SSSR count). The van der Waals surface area contributed by atoms with Crippen LogP contribution in [0, 0.1) is 0 Å². The highest BCUT2D eigenvalue weighted by Crippen LogP contribution is 2.35. The zero-order valence-electron chi connectivity index (χ0n) is 26.2. The molecule has 0 bridgehead atoms. The Morgan fingerprint density at radius 3 is 2.44 bits per heavy atom. The van der Waals surface area contributed by atoms with Crippen molar-refractivity contribution in [3.05, 3.63) is 106 Å². The van der Waals surface area contributed by atoms with Gasteiger partial charge in [-0.05, 0) is 75.9 Å². The van der Waals surface area contributed by atoms with Crippen molar-refractivity contribution in [1.29, 1.82) is 0 Å². The second kappa shape index (κ2) is 17.6. The monoisotopic (exact) mass is 582 g/mol. The van der Waals surface area contributed by atoms with Crippen LogP contribution in [0.25, 0.3) is 17.0 Å². The minimum absolute atomic E-state index is 0.182. The lowest BCUT2D eigenvalue weighted by Gasteiger charge is -2.19. The van der Waals surface area contributed by atoms with Gasteiger partial charge in [0, 0.05) is 23.7 Å². The molecule has 0 aliphatic rings. The van der Waals surface area contributed by atoms with Crippen molar-refractivity contribution >= 4 is 28.6 Å². The molecule has 0 unspecified atom stereocenters. The zero-order chi connectivity index (χ0) is 31.0. The number of aromatic nitrogens is 1. The highest BCUT2D eigenvalue weighted by molar-refractivity contribution is 6.03. The van der Waals surface area contributed by atoms with Crippen molar-refractivity contribution in [2.45, 2.75) is 72.8 Å². The summed E-state index contributed by atoms with van der Waals surface area (Å²) >= 11 is 0. The van der Waals surface area contributed by atoms with E-state index in [2.05, 4.69) is 45.7 Å². The molecule has 1 heterocycles. The topological polar surface area (TPSA) is 69.6 Å². The number of nitrogens with one attached hydrogen (secondary N) is 1. The quantitative estimate of drug-likeness (QED) is 0.0980. The number of carbonyl (C=O) groups is 1. The summed E-state index contributed by atoms with van der Waals surface area (Å²) in [6.45, 7) is 13.2. The fourth-order valence-electron chi connectivity index (χ4n) is 4.69. The van der Waals surface area contributed by atoms with Gasteiger partial charge in [-0.1, -0.05) is 86.4 Å². The van der Waals surface area contributed by atoms with Crippen LogP contribution in [0.3, 0.4) is 0 Å². The van der Waals surface area contributed by atoms with Gasteiger partial charge in [-0.25, -0.2) is 0 Å². The summed E-state index contributed by atoms with van der Waals surface area (Å²) in [5, 5.41) is 3.69. The van der Waals surface area contributed by atoms with E-state index in [4.69, 9.17) is 9.47 Å². The summed E-state index contributed by atoms with van der Waals surface area (Å²) in [6, 6.07) is 15.2. The Hall–Kier alpha value is -4.32. The van der Waals surface area contributed by atoms with Crippen LogP contribution in [-0.2, 0) is 11.3 Å². The predicted molar refractivity (Wildman–Crippen MR) is 180 cm³/mol. The Morgan fingerprint density at radius 1 is 0.953 bits per heavy atom. The number of benzene rings is 2. The summed E-state index contributed by atoms with van der Waals surface area (Å²) in [7, 11) is 0. The first kappa shape index (κ1) is 33.2. The minimum Gasteiger partial charge on any atom is -0.485 e. The number of hydrogen-bond donors (Lipinski definition) is 1. The van der Waals surface area contributed by atoms with Gasteiger partial charge in [0.15, 0.2) is 5.75 Å². The number of pyridine rings is 1.